The molecule has 1 fully saturated rings. The van der Waals surface area contributed by atoms with Gasteiger partial charge in [0.1, 0.15) is 0 Å². The van der Waals surface area contributed by atoms with E-state index in [1.165, 1.54) is 0 Å². The highest BCUT2D eigenvalue weighted by atomic mass is 35.5. The lowest BCUT2D eigenvalue weighted by molar-refractivity contribution is 0.0892. The van der Waals surface area contributed by atoms with Crippen LogP contribution in [-0.2, 0) is 4.74 Å². The Kier molecular flexibility index (Phi) is 3.20. The quantitative estimate of drug-likeness (QED) is 0.781. The van der Waals surface area contributed by atoms with Gasteiger partial charge in [0.2, 0.25) is 0 Å². The summed E-state index contributed by atoms with van der Waals surface area (Å²) < 4.78 is 13.5. The Morgan fingerprint density at radius 1 is 1.57 bits per heavy atom. The van der Waals surface area contributed by atoms with E-state index < -0.39 is 0 Å². The molecule has 1 aromatic rings. The first-order valence-corrected chi connectivity index (χ1v) is 5.68. The van der Waals surface area contributed by atoms with Crippen molar-refractivity contribution < 1.29 is 4.74 Å². The molecule has 0 amide bonds. The third-order valence-electron chi connectivity index (χ3n) is 2.44. The Morgan fingerprint density at radius 3 is 3.07 bits per heavy atom. The van der Waals surface area contributed by atoms with Crippen molar-refractivity contribution in [2.75, 3.05) is 25.1 Å². The van der Waals surface area contributed by atoms with Crippen molar-refractivity contribution in [3.63, 3.8) is 0 Å². The molecule has 1 aliphatic rings. The predicted molar refractivity (Wildman–Crippen MR) is 57.2 cm³/mol. The molecule has 0 spiro atoms. The zero-order valence-corrected chi connectivity index (χ0v) is 9.51. The molecule has 2 heterocycles. The highest BCUT2D eigenvalue weighted by Gasteiger charge is 2.23. The monoisotopic (exact) mass is 233 g/mol. The summed E-state index contributed by atoms with van der Waals surface area (Å²) in [6, 6.07) is 0. The van der Waals surface area contributed by atoms with Gasteiger partial charge in [-0.15, -0.1) is 0 Å². The van der Waals surface area contributed by atoms with Gasteiger partial charge in [0.25, 0.3) is 0 Å². The van der Waals surface area contributed by atoms with Crippen LogP contribution in [0.4, 0.5) is 5.82 Å². The minimum atomic E-state index is 0.293. The highest BCUT2D eigenvalue weighted by Crippen LogP contribution is 2.26. The van der Waals surface area contributed by atoms with Crippen LogP contribution < -0.4 is 4.90 Å². The van der Waals surface area contributed by atoms with Crippen molar-refractivity contribution in [2.45, 2.75) is 18.9 Å². The van der Waals surface area contributed by atoms with Gasteiger partial charge in [0, 0.05) is 20.2 Å². The van der Waals surface area contributed by atoms with Crippen LogP contribution in [0.2, 0.25) is 5.15 Å². The first kappa shape index (κ1) is 10.1. The first-order valence-electron chi connectivity index (χ1n) is 4.57. The van der Waals surface area contributed by atoms with E-state index in [4.69, 9.17) is 16.3 Å². The second kappa shape index (κ2) is 4.42. The zero-order chi connectivity index (χ0) is 9.97. The number of nitrogens with zero attached hydrogens (tertiary/aromatic N) is 3. The Hall–Kier alpha value is -0.390. The van der Waals surface area contributed by atoms with E-state index in [1.807, 2.05) is 0 Å². The summed E-state index contributed by atoms with van der Waals surface area (Å²) in [5, 5.41) is 0.506. The summed E-state index contributed by atoms with van der Waals surface area (Å²) in [4.78, 5) is 2.14. The second-order valence-corrected chi connectivity index (χ2v) is 4.21. The van der Waals surface area contributed by atoms with Crippen molar-refractivity contribution in [1.82, 2.24) is 8.75 Å². The maximum atomic E-state index is 5.92. The number of piperidine rings is 1. The molecule has 0 aromatic carbocycles. The van der Waals surface area contributed by atoms with Crippen molar-refractivity contribution in [3.8, 4) is 0 Å². The molecule has 2 rings (SSSR count). The smallest absolute Gasteiger partial charge is 0.187 e. The maximum Gasteiger partial charge on any atom is 0.187 e. The van der Waals surface area contributed by atoms with Crippen molar-refractivity contribution in [1.29, 1.82) is 0 Å². The number of halogens is 1. The SMILES string of the molecule is CO[C@@H]1CCCN(c2nsnc2Cl)C1. The normalized spacial score (nSPS) is 22.7. The third kappa shape index (κ3) is 1.99. The van der Waals surface area contributed by atoms with Crippen molar-refractivity contribution in [2.24, 2.45) is 0 Å². The third-order valence-corrected chi connectivity index (χ3v) is 3.32. The fraction of sp³-hybridized carbons (Fsp3) is 0.750. The van der Waals surface area contributed by atoms with Crippen LogP contribution in [0.25, 0.3) is 0 Å². The Labute approximate surface area is 92.2 Å². The molecule has 78 valence electrons. The van der Waals surface area contributed by atoms with Gasteiger partial charge >= 0.3 is 0 Å². The second-order valence-electron chi connectivity index (χ2n) is 3.32. The van der Waals surface area contributed by atoms with E-state index in [-0.39, 0.29) is 0 Å². The molecule has 6 heteroatoms. The Balaban J connectivity index is 2.08. The number of hydrogen-bond acceptors (Lipinski definition) is 5. The molecule has 0 bridgehead atoms. The van der Waals surface area contributed by atoms with E-state index in [1.54, 1.807) is 7.11 Å². The van der Waals surface area contributed by atoms with Crippen molar-refractivity contribution >= 4 is 29.1 Å². The number of aromatic nitrogens is 2. The molecule has 0 radical (unpaired) electrons. The lowest BCUT2D eigenvalue weighted by atomic mass is 10.1. The Morgan fingerprint density at radius 2 is 2.43 bits per heavy atom. The molecule has 0 aliphatic carbocycles. The van der Waals surface area contributed by atoms with E-state index in [9.17, 15) is 0 Å². The molecule has 0 unspecified atom stereocenters. The molecular formula is C8H12ClN3OS. The molecule has 1 aromatic heterocycles. The average Bonchev–Trinajstić information content (AvgIpc) is 2.65. The maximum absolute atomic E-state index is 5.92. The molecule has 0 saturated carbocycles. The fourth-order valence-electron chi connectivity index (χ4n) is 1.68. The molecule has 4 nitrogen and oxygen atoms in total. The van der Waals surface area contributed by atoms with Gasteiger partial charge in [-0.3, -0.25) is 0 Å². The average molecular weight is 234 g/mol. The standard InChI is InChI=1S/C8H12ClN3OS/c1-13-6-3-2-4-12(5-6)8-7(9)10-14-11-8/h6H,2-5H2,1H3/t6-/m1/s1. The number of ether oxygens (including phenoxy) is 1. The van der Waals surface area contributed by atoms with E-state index >= 15 is 0 Å². The van der Waals surface area contributed by atoms with Crippen LogP contribution in [0.15, 0.2) is 0 Å². The highest BCUT2D eigenvalue weighted by molar-refractivity contribution is 6.99. The van der Waals surface area contributed by atoms with E-state index in [0.717, 1.165) is 43.5 Å². The molecule has 1 atom stereocenters. The number of anilines is 1. The van der Waals surface area contributed by atoms with Crippen LogP contribution in [0.1, 0.15) is 12.8 Å². The van der Waals surface area contributed by atoms with Gasteiger partial charge in [-0.1, -0.05) is 11.6 Å². The van der Waals surface area contributed by atoms with E-state index in [0.29, 0.717) is 11.3 Å². The summed E-state index contributed by atoms with van der Waals surface area (Å²) in [5.74, 6) is 0.804. The van der Waals surface area contributed by atoms with Gasteiger partial charge in [-0.05, 0) is 12.8 Å². The fourth-order valence-corrected chi connectivity index (χ4v) is 2.46. The predicted octanol–water partition coefficient (Wildman–Crippen LogP) is 1.81. The summed E-state index contributed by atoms with van der Waals surface area (Å²) in [5.41, 5.74) is 0. The van der Waals surface area contributed by atoms with Crippen LogP contribution in [0.3, 0.4) is 0 Å². The summed E-state index contributed by atoms with van der Waals surface area (Å²) in [6.07, 6.45) is 2.52. The minimum absolute atomic E-state index is 0.293. The number of rotatable bonds is 2. The van der Waals surface area contributed by atoms with Gasteiger partial charge in [-0.25, -0.2) is 0 Å². The minimum Gasteiger partial charge on any atom is -0.380 e. The van der Waals surface area contributed by atoms with Crippen LogP contribution in [0, 0.1) is 0 Å². The van der Waals surface area contributed by atoms with Gasteiger partial charge in [0.05, 0.1) is 17.8 Å². The summed E-state index contributed by atoms with van der Waals surface area (Å²) >= 11 is 7.07. The molecular weight excluding hydrogens is 222 g/mol. The van der Waals surface area contributed by atoms with Crippen molar-refractivity contribution in [3.05, 3.63) is 5.15 Å². The first-order chi connectivity index (χ1) is 6.81. The summed E-state index contributed by atoms with van der Waals surface area (Å²) in [7, 11) is 1.75. The molecule has 1 saturated heterocycles. The van der Waals surface area contributed by atoms with Gasteiger partial charge in [-0.2, -0.15) is 8.75 Å². The summed E-state index contributed by atoms with van der Waals surface area (Å²) in [6.45, 7) is 1.85. The molecule has 14 heavy (non-hydrogen) atoms. The van der Waals surface area contributed by atoms with Crippen LogP contribution in [0.5, 0.6) is 0 Å². The lowest BCUT2D eigenvalue weighted by Gasteiger charge is -2.31. The van der Waals surface area contributed by atoms with Gasteiger partial charge < -0.3 is 9.64 Å². The number of methoxy groups -OCH3 is 1. The van der Waals surface area contributed by atoms with Crippen LogP contribution >= 0.6 is 23.3 Å². The zero-order valence-electron chi connectivity index (χ0n) is 7.94. The van der Waals surface area contributed by atoms with Crippen LogP contribution in [-0.4, -0.2) is 35.1 Å². The molecule has 1 aliphatic heterocycles. The Bertz CT molecular complexity index is 307. The largest absolute Gasteiger partial charge is 0.380 e. The van der Waals surface area contributed by atoms with Gasteiger partial charge in [0.15, 0.2) is 11.0 Å². The van der Waals surface area contributed by atoms with E-state index in [2.05, 4.69) is 13.6 Å². The lowest BCUT2D eigenvalue weighted by Crippen LogP contribution is -2.39. The topological polar surface area (TPSA) is 38.2 Å². The molecule has 0 N–H and O–H groups in total. The number of hydrogen-bond donors (Lipinski definition) is 0.